The molecule has 0 saturated carbocycles. The van der Waals surface area contributed by atoms with Gasteiger partial charge in [0, 0.05) is 6.42 Å². The molecule has 0 radical (unpaired) electrons. The van der Waals surface area contributed by atoms with Crippen LogP contribution >= 0.6 is 0 Å². The highest BCUT2D eigenvalue weighted by atomic mass is 19.1. The third kappa shape index (κ3) is 3.57. The van der Waals surface area contributed by atoms with Crippen LogP contribution in [0.2, 0.25) is 0 Å². The Morgan fingerprint density at radius 2 is 1.58 bits per heavy atom. The van der Waals surface area contributed by atoms with Crippen LogP contribution in [0.5, 0.6) is 0 Å². The summed E-state index contributed by atoms with van der Waals surface area (Å²) in [5.41, 5.74) is 4.05. The number of hydrogen-bond acceptors (Lipinski definition) is 2. The topological polar surface area (TPSA) is 15.6 Å². The molecule has 3 aromatic rings. The van der Waals surface area contributed by atoms with Gasteiger partial charge in [-0.15, -0.1) is 0 Å². The molecule has 2 nitrogen and oxygen atoms in total. The fourth-order valence-electron chi connectivity index (χ4n) is 3.18. The van der Waals surface area contributed by atoms with Gasteiger partial charge in [-0.3, -0.25) is 5.01 Å². The molecule has 1 atom stereocenters. The molecule has 0 spiro atoms. The summed E-state index contributed by atoms with van der Waals surface area (Å²) < 4.78 is 13.7. The van der Waals surface area contributed by atoms with E-state index in [-0.39, 0.29) is 11.9 Å². The van der Waals surface area contributed by atoms with Gasteiger partial charge in [0.1, 0.15) is 5.82 Å². The Hall–Kier alpha value is -3.20. The van der Waals surface area contributed by atoms with Crippen LogP contribution in [0.3, 0.4) is 0 Å². The molecule has 26 heavy (non-hydrogen) atoms. The van der Waals surface area contributed by atoms with Crippen LogP contribution in [0.15, 0.2) is 96.1 Å². The number of allylic oxidation sites excluding steroid dienone is 1. The van der Waals surface area contributed by atoms with E-state index in [4.69, 9.17) is 5.10 Å². The van der Waals surface area contributed by atoms with Crippen molar-refractivity contribution < 1.29 is 4.39 Å². The van der Waals surface area contributed by atoms with E-state index in [1.54, 1.807) is 6.07 Å². The van der Waals surface area contributed by atoms with E-state index in [1.807, 2.05) is 53.5 Å². The Bertz CT molecular complexity index is 933. The first-order chi connectivity index (χ1) is 12.8. The summed E-state index contributed by atoms with van der Waals surface area (Å²) in [5.74, 6) is -0.252. The lowest BCUT2D eigenvalue weighted by Gasteiger charge is -2.24. The van der Waals surface area contributed by atoms with Crippen molar-refractivity contribution in [3.05, 3.63) is 108 Å². The third-order valence-corrected chi connectivity index (χ3v) is 4.46. The van der Waals surface area contributed by atoms with Crippen molar-refractivity contribution in [2.45, 2.75) is 12.5 Å². The van der Waals surface area contributed by atoms with Gasteiger partial charge < -0.3 is 0 Å². The first kappa shape index (κ1) is 16.3. The lowest BCUT2D eigenvalue weighted by atomic mass is 10.0. The molecule has 0 aliphatic carbocycles. The molecule has 3 aromatic carbocycles. The normalized spacial score (nSPS) is 16.9. The molecule has 0 bridgehead atoms. The first-order valence-electron chi connectivity index (χ1n) is 8.70. The van der Waals surface area contributed by atoms with E-state index < -0.39 is 0 Å². The molecule has 3 heteroatoms. The second-order valence-electron chi connectivity index (χ2n) is 6.29. The zero-order valence-corrected chi connectivity index (χ0v) is 14.3. The van der Waals surface area contributed by atoms with Gasteiger partial charge in [-0.05, 0) is 35.4 Å². The summed E-state index contributed by atoms with van der Waals surface area (Å²) >= 11 is 0. The van der Waals surface area contributed by atoms with E-state index in [9.17, 15) is 4.39 Å². The van der Waals surface area contributed by atoms with Gasteiger partial charge in [-0.25, -0.2) is 4.39 Å². The van der Waals surface area contributed by atoms with Crippen LogP contribution in [0, 0.1) is 5.82 Å². The quantitative estimate of drug-likeness (QED) is 0.581. The molecule has 0 fully saturated rings. The summed E-state index contributed by atoms with van der Waals surface area (Å²) in [7, 11) is 0. The average molecular weight is 342 g/mol. The Morgan fingerprint density at radius 1 is 0.846 bits per heavy atom. The molecule has 1 aliphatic heterocycles. The predicted molar refractivity (Wildman–Crippen MR) is 106 cm³/mol. The number of nitrogens with zero attached hydrogens (tertiary/aromatic N) is 2. The zero-order valence-electron chi connectivity index (χ0n) is 14.3. The number of anilines is 1. The molecule has 4 rings (SSSR count). The highest BCUT2D eigenvalue weighted by Gasteiger charge is 2.28. The smallest absolute Gasteiger partial charge is 0.125 e. The van der Waals surface area contributed by atoms with Crippen molar-refractivity contribution >= 4 is 17.5 Å². The maximum atomic E-state index is 13.7. The maximum Gasteiger partial charge on any atom is 0.125 e. The van der Waals surface area contributed by atoms with Gasteiger partial charge in [0.25, 0.3) is 0 Å². The van der Waals surface area contributed by atoms with Crippen molar-refractivity contribution in [3.63, 3.8) is 0 Å². The molecule has 0 saturated heterocycles. The van der Waals surface area contributed by atoms with Crippen LogP contribution in [-0.2, 0) is 0 Å². The van der Waals surface area contributed by atoms with Crippen molar-refractivity contribution in [2.24, 2.45) is 5.10 Å². The minimum absolute atomic E-state index is 0.0634. The Kier molecular flexibility index (Phi) is 4.61. The molecule has 0 amide bonds. The predicted octanol–water partition coefficient (Wildman–Crippen LogP) is 5.85. The van der Waals surface area contributed by atoms with Crippen LogP contribution in [0.4, 0.5) is 10.1 Å². The Labute approximate surface area is 152 Å². The second kappa shape index (κ2) is 7.36. The van der Waals surface area contributed by atoms with Gasteiger partial charge in [-0.2, -0.15) is 5.10 Å². The number of hydrazone groups is 1. The number of hydrogen-bond donors (Lipinski definition) is 0. The first-order valence-corrected chi connectivity index (χ1v) is 8.70. The monoisotopic (exact) mass is 342 g/mol. The maximum absolute atomic E-state index is 13.7. The summed E-state index contributed by atoms with van der Waals surface area (Å²) in [4.78, 5) is 0. The Balaban J connectivity index is 1.66. The van der Waals surface area contributed by atoms with Gasteiger partial charge >= 0.3 is 0 Å². The molecule has 128 valence electrons. The van der Waals surface area contributed by atoms with Gasteiger partial charge in [-0.1, -0.05) is 72.8 Å². The minimum Gasteiger partial charge on any atom is -0.257 e. The van der Waals surface area contributed by atoms with Crippen molar-refractivity contribution in [3.8, 4) is 0 Å². The van der Waals surface area contributed by atoms with Crippen LogP contribution in [0.1, 0.15) is 23.6 Å². The standard InChI is InChI=1S/C23H19FN2/c24-20-12-7-13-22(16-20)26-23(19-10-5-2-6-11-19)17-21(25-26)15-14-18-8-3-1-4-9-18/h1-16,23H,17H2/b15-14+/t23-/m1/s1. The summed E-state index contributed by atoms with van der Waals surface area (Å²) in [6, 6.07) is 27.1. The third-order valence-electron chi connectivity index (χ3n) is 4.46. The molecule has 0 N–H and O–H groups in total. The SMILES string of the molecule is Fc1cccc(N2N=C(/C=C/c3ccccc3)C[C@@H]2c2ccccc2)c1. The molecular weight excluding hydrogens is 323 g/mol. The summed E-state index contributed by atoms with van der Waals surface area (Å²) in [6.07, 6.45) is 4.89. The van der Waals surface area contributed by atoms with Gasteiger partial charge in [0.2, 0.25) is 0 Å². The molecule has 0 unspecified atom stereocenters. The van der Waals surface area contributed by atoms with Gasteiger partial charge in [0.05, 0.1) is 17.4 Å². The van der Waals surface area contributed by atoms with E-state index in [0.717, 1.165) is 23.4 Å². The van der Waals surface area contributed by atoms with E-state index >= 15 is 0 Å². The summed E-state index contributed by atoms with van der Waals surface area (Å²) in [5, 5.41) is 6.69. The van der Waals surface area contributed by atoms with Crippen molar-refractivity contribution in [1.29, 1.82) is 0 Å². The molecule has 1 heterocycles. The minimum atomic E-state index is -0.252. The van der Waals surface area contributed by atoms with Crippen molar-refractivity contribution in [2.75, 3.05) is 5.01 Å². The van der Waals surface area contributed by atoms with Crippen molar-refractivity contribution in [1.82, 2.24) is 0 Å². The van der Waals surface area contributed by atoms with E-state index in [2.05, 4.69) is 30.3 Å². The lowest BCUT2D eigenvalue weighted by molar-refractivity contribution is 0.624. The number of benzene rings is 3. The van der Waals surface area contributed by atoms with Crippen LogP contribution in [-0.4, -0.2) is 5.71 Å². The van der Waals surface area contributed by atoms with Crippen LogP contribution < -0.4 is 5.01 Å². The average Bonchev–Trinajstić information content (AvgIpc) is 3.12. The fourth-order valence-corrected chi connectivity index (χ4v) is 3.18. The molecular formula is C23H19FN2. The lowest BCUT2D eigenvalue weighted by Crippen LogP contribution is -2.18. The fraction of sp³-hybridized carbons (Fsp3) is 0.0870. The largest absolute Gasteiger partial charge is 0.257 e. The highest BCUT2D eigenvalue weighted by Crippen LogP contribution is 2.35. The van der Waals surface area contributed by atoms with E-state index in [1.165, 1.54) is 17.7 Å². The zero-order chi connectivity index (χ0) is 17.8. The number of rotatable bonds is 4. The molecule has 1 aliphatic rings. The summed E-state index contributed by atoms with van der Waals surface area (Å²) in [6.45, 7) is 0. The van der Waals surface area contributed by atoms with E-state index in [0.29, 0.717) is 0 Å². The van der Waals surface area contributed by atoms with Gasteiger partial charge in [0.15, 0.2) is 0 Å². The second-order valence-corrected chi connectivity index (χ2v) is 6.29. The highest BCUT2D eigenvalue weighted by molar-refractivity contribution is 6.01. The van der Waals surface area contributed by atoms with Crippen LogP contribution in [0.25, 0.3) is 6.08 Å². The Morgan fingerprint density at radius 3 is 2.31 bits per heavy atom. The number of halogens is 1. The molecule has 0 aromatic heterocycles.